The highest BCUT2D eigenvalue weighted by Crippen LogP contribution is 2.33. The predicted molar refractivity (Wildman–Crippen MR) is 124 cm³/mol. The molecule has 13 nitrogen and oxygen atoms in total. The number of hydrogen-bond donors (Lipinski definition) is 2. The Balaban J connectivity index is 2.19. The fourth-order valence-corrected chi connectivity index (χ4v) is 4.78. The Hall–Kier alpha value is -2.72. The van der Waals surface area contributed by atoms with Gasteiger partial charge in [0.2, 0.25) is 10.0 Å². The monoisotopic (exact) mass is 548 g/mol. The second kappa shape index (κ2) is 13.0. The molecule has 36 heavy (non-hydrogen) atoms. The quantitative estimate of drug-likeness (QED) is 0.170. The summed E-state index contributed by atoms with van der Waals surface area (Å²) < 4.78 is 52.2. The van der Waals surface area contributed by atoms with Gasteiger partial charge in [-0.3, -0.25) is 19.1 Å². The van der Waals surface area contributed by atoms with E-state index in [1.165, 1.54) is 12.1 Å². The van der Waals surface area contributed by atoms with Crippen LogP contribution in [0.2, 0.25) is 0 Å². The topological polar surface area (TPSA) is 187 Å². The normalized spacial score (nSPS) is 23.9. The van der Waals surface area contributed by atoms with Crippen LogP contribution in [0.25, 0.3) is 0 Å². The van der Waals surface area contributed by atoms with Crippen molar-refractivity contribution in [3.8, 4) is 0 Å². The van der Waals surface area contributed by atoms with Gasteiger partial charge in [0.15, 0.2) is 29.9 Å². The number of methoxy groups -OCH3 is 1. The number of sulfonamides is 1. The third-order valence-electron chi connectivity index (χ3n) is 4.80. The van der Waals surface area contributed by atoms with E-state index in [1.807, 2.05) is 0 Å². The lowest BCUT2D eigenvalue weighted by Crippen LogP contribution is -2.62. The van der Waals surface area contributed by atoms with Gasteiger partial charge in [-0.05, 0) is 36.1 Å². The zero-order chi connectivity index (χ0) is 27.0. The van der Waals surface area contributed by atoms with Crippen LogP contribution in [0.4, 0.5) is 0 Å². The van der Waals surface area contributed by atoms with E-state index in [2.05, 4.69) is 4.72 Å². The molecule has 0 radical (unpaired) electrons. The second-order valence-electron chi connectivity index (χ2n) is 7.62. The van der Waals surface area contributed by atoms with Crippen LogP contribution in [0.3, 0.4) is 0 Å². The van der Waals surface area contributed by atoms with Gasteiger partial charge in [-0.2, -0.15) is 0 Å². The van der Waals surface area contributed by atoms with Crippen LogP contribution in [0.1, 0.15) is 26.3 Å². The predicted octanol–water partition coefficient (Wildman–Crippen LogP) is -0.193. The van der Waals surface area contributed by atoms with E-state index in [0.717, 1.165) is 45.4 Å². The number of carbonyl (C=O) groups is 4. The molecule has 5 atom stereocenters. The Morgan fingerprint density at radius 3 is 1.97 bits per heavy atom. The molecule has 1 aromatic carbocycles. The molecule has 0 unspecified atom stereocenters. The molecule has 0 saturated carbocycles. The molecule has 1 heterocycles. The van der Waals surface area contributed by atoms with E-state index in [9.17, 15) is 27.6 Å². The van der Waals surface area contributed by atoms with Crippen LogP contribution in [0.15, 0.2) is 29.2 Å². The van der Waals surface area contributed by atoms with Crippen LogP contribution < -0.4 is 9.86 Å². The van der Waals surface area contributed by atoms with E-state index in [0.29, 0.717) is 13.0 Å². The van der Waals surface area contributed by atoms with Gasteiger partial charge in [-0.15, -0.1) is 0 Å². The zero-order valence-electron chi connectivity index (χ0n) is 20.0. The maximum Gasteiger partial charge on any atom is 0.339 e. The first-order valence-corrected chi connectivity index (χ1v) is 13.0. The smallest absolute Gasteiger partial charge is 0.339 e. The minimum absolute atomic E-state index is 0.0129. The lowest BCUT2D eigenvalue weighted by molar-refractivity contribution is -0.235. The Labute approximate surface area is 212 Å². The first-order chi connectivity index (χ1) is 16.8. The van der Waals surface area contributed by atoms with E-state index in [-0.39, 0.29) is 4.90 Å². The summed E-state index contributed by atoms with van der Waals surface area (Å²) in [5.41, 5.74) is -0.268. The lowest BCUT2D eigenvalue weighted by Gasteiger charge is -2.43. The molecular formula is C21H28N2O11S2. The number of ether oxygens (including phenoxy) is 5. The number of rotatable bonds is 10. The van der Waals surface area contributed by atoms with Crippen LogP contribution in [0.5, 0.6) is 0 Å². The molecule has 3 N–H and O–H groups in total. The molecule has 1 fully saturated rings. The Morgan fingerprint density at radius 2 is 1.47 bits per heavy atom. The number of nitrogens with two attached hydrogens (primary N) is 1. The van der Waals surface area contributed by atoms with Crippen molar-refractivity contribution in [2.45, 2.75) is 61.9 Å². The van der Waals surface area contributed by atoms with Gasteiger partial charge >= 0.3 is 23.9 Å². The molecule has 1 aliphatic heterocycles. The number of primary sulfonamides is 1. The molecule has 0 bridgehead atoms. The fraction of sp³-hybridized carbons (Fsp3) is 0.524. The highest BCUT2D eigenvalue weighted by Gasteiger charge is 2.54. The maximum absolute atomic E-state index is 12.4. The minimum Gasteiger partial charge on any atom is -0.467 e. The number of carbonyl (C=O) groups excluding carboxylic acids is 4. The number of hydrogen-bond acceptors (Lipinski definition) is 13. The minimum atomic E-state index is -3.80. The van der Waals surface area contributed by atoms with Crippen LogP contribution in [0, 0.1) is 0 Å². The summed E-state index contributed by atoms with van der Waals surface area (Å²) in [4.78, 5) is 47.7. The SMILES string of the molecule is COC(=O)[C@H]1O[C@@H](SNCCc2ccc(S(N)(=O)=O)cc2)[C@H](OC(C)=O)[C@@H](OC(C)=O)[C@H]1OC(C)=O. The first-order valence-electron chi connectivity index (χ1n) is 10.6. The van der Waals surface area contributed by atoms with Crippen molar-refractivity contribution >= 4 is 45.8 Å². The van der Waals surface area contributed by atoms with Crippen molar-refractivity contribution in [2.24, 2.45) is 5.14 Å². The molecule has 0 amide bonds. The zero-order valence-corrected chi connectivity index (χ0v) is 21.6. The molecule has 200 valence electrons. The van der Waals surface area contributed by atoms with Crippen molar-refractivity contribution < 1.29 is 51.3 Å². The summed E-state index contributed by atoms with van der Waals surface area (Å²) in [6, 6.07) is 5.99. The molecule has 2 rings (SSSR count). The Kier molecular flexibility index (Phi) is 10.7. The van der Waals surface area contributed by atoms with Gasteiger partial charge in [-0.1, -0.05) is 12.1 Å². The molecule has 0 aromatic heterocycles. The molecule has 0 spiro atoms. The van der Waals surface area contributed by atoms with E-state index in [1.54, 1.807) is 12.1 Å². The summed E-state index contributed by atoms with van der Waals surface area (Å²) in [6.07, 6.45) is -5.05. The van der Waals surface area contributed by atoms with Crippen LogP contribution in [-0.4, -0.2) is 75.8 Å². The molecule has 15 heteroatoms. The number of nitrogens with one attached hydrogen (secondary N) is 1. The highest BCUT2D eigenvalue weighted by molar-refractivity contribution is 7.97. The van der Waals surface area contributed by atoms with Crippen molar-refractivity contribution in [3.05, 3.63) is 29.8 Å². The van der Waals surface area contributed by atoms with E-state index < -0.39 is 63.8 Å². The third-order valence-corrected chi connectivity index (χ3v) is 6.71. The number of benzene rings is 1. The van der Waals surface area contributed by atoms with Gasteiger partial charge in [0.05, 0.1) is 12.0 Å². The maximum atomic E-state index is 12.4. The summed E-state index contributed by atoms with van der Waals surface area (Å²) >= 11 is 0.953. The van der Waals surface area contributed by atoms with E-state index >= 15 is 0 Å². The van der Waals surface area contributed by atoms with Crippen molar-refractivity contribution in [1.82, 2.24) is 4.72 Å². The molecule has 1 aliphatic rings. The summed E-state index contributed by atoms with van der Waals surface area (Å²) in [7, 11) is -2.69. The molecule has 1 saturated heterocycles. The van der Waals surface area contributed by atoms with Crippen molar-refractivity contribution in [1.29, 1.82) is 0 Å². The fourth-order valence-electron chi connectivity index (χ4n) is 3.36. The average Bonchev–Trinajstić information content (AvgIpc) is 2.78. The van der Waals surface area contributed by atoms with Gasteiger partial charge in [0.25, 0.3) is 0 Å². The largest absolute Gasteiger partial charge is 0.467 e. The van der Waals surface area contributed by atoms with Gasteiger partial charge in [0, 0.05) is 27.3 Å². The number of esters is 4. The summed E-state index contributed by atoms with van der Waals surface area (Å²) in [6.45, 7) is 3.69. The highest BCUT2D eigenvalue weighted by atomic mass is 32.2. The van der Waals surface area contributed by atoms with Crippen LogP contribution in [-0.2, 0) is 59.3 Å². The van der Waals surface area contributed by atoms with Crippen LogP contribution >= 0.6 is 11.9 Å². The molecule has 0 aliphatic carbocycles. The average molecular weight is 549 g/mol. The Morgan fingerprint density at radius 1 is 0.944 bits per heavy atom. The standard InChI is InChI=1S/C21H28N2O11S2/c1-11(24)31-16-17(32-12(2)25)19(33-13(3)26)21(34-18(16)20(27)30-4)35-23-10-9-14-5-7-15(8-6-14)36(22,28)29/h5-8,16-19,21,23H,9-10H2,1-4H3,(H2,22,28,29)/t16-,17+,18+,19-,21+/m1/s1. The second-order valence-corrected chi connectivity index (χ2v) is 10.2. The van der Waals surface area contributed by atoms with E-state index in [4.69, 9.17) is 28.8 Å². The van der Waals surface area contributed by atoms with Gasteiger partial charge in [-0.25, -0.2) is 18.4 Å². The van der Waals surface area contributed by atoms with Gasteiger partial charge < -0.3 is 23.7 Å². The molecular weight excluding hydrogens is 520 g/mol. The summed E-state index contributed by atoms with van der Waals surface area (Å²) in [5.74, 6) is -3.16. The Bertz CT molecular complexity index is 1060. The third kappa shape index (κ3) is 8.44. The van der Waals surface area contributed by atoms with Gasteiger partial charge in [0.1, 0.15) is 0 Å². The molecule has 1 aromatic rings. The van der Waals surface area contributed by atoms with Crippen molar-refractivity contribution in [2.75, 3.05) is 13.7 Å². The lowest BCUT2D eigenvalue weighted by atomic mass is 9.99. The summed E-state index contributed by atoms with van der Waals surface area (Å²) in [5, 5.41) is 5.09. The first kappa shape index (κ1) is 29.5. The van der Waals surface area contributed by atoms with Crippen molar-refractivity contribution in [3.63, 3.8) is 0 Å².